The van der Waals surface area contributed by atoms with E-state index < -0.39 is 0 Å². The lowest BCUT2D eigenvalue weighted by molar-refractivity contribution is 0.124. The van der Waals surface area contributed by atoms with Gasteiger partial charge in [0.05, 0.1) is 0 Å². The molecule has 0 heterocycles. The van der Waals surface area contributed by atoms with Crippen molar-refractivity contribution in [1.29, 1.82) is 0 Å². The Labute approximate surface area is 159 Å². The molecule has 2 N–H and O–H groups in total. The summed E-state index contributed by atoms with van der Waals surface area (Å²) >= 11 is 5.96. The molecule has 1 amide bonds. The quantitative estimate of drug-likeness (QED) is 0.731. The Morgan fingerprint density at radius 2 is 1.81 bits per heavy atom. The van der Waals surface area contributed by atoms with Gasteiger partial charge in [-0.3, -0.25) is 0 Å². The minimum atomic E-state index is -0.345. The van der Waals surface area contributed by atoms with Crippen molar-refractivity contribution in [3.8, 4) is 0 Å². The van der Waals surface area contributed by atoms with Gasteiger partial charge in [-0.25, -0.2) is 4.79 Å². The number of nitrogens with one attached hydrogen (secondary N) is 2. The van der Waals surface area contributed by atoms with Crippen molar-refractivity contribution in [3.05, 3.63) is 70.7 Å². The fraction of sp³-hybridized carbons (Fsp3) is 0.381. The van der Waals surface area contributed by atoms with Crippen LogP contribution in [0.5, 0.6) is 0 Å². The Morgan fingerprint density at radius 1 is 1.12 bits per heavy atom. The summed E-state index contributed by atoms with van der Waals surface area (Å²) in [6.07, 6.45) is 2.51. The summed E-state index contributed by atoms with van der Waals surface area (Å²) in [6.45, 7) is 2.47. The van der Waals surface area contributed by atoms with Crippen LogP contribution in [0.1, 0.15) is 43.4 Å². The van der Waals surface area contributed by atoms with Crippen LogP contribution in [0.2, 0.25) is 5.02 Å². The molecule has 1 aliphatic carbocycles. The van der Waals surface area contributed by atoms with Crippen LogP contribution >= 0.6 is 11.6 Å². The number of rotatable bonds is 7. The predicted molar refractivity (Wildman–Crippen MR) is 104 cm³/mol. The van der Waals surface area contributed by atoms with Gasteiger partial charge >= 0.3 is 6.09 Å². The Morgan fingerprint density at radius 3 is 2.46 bits per heavy atom. The zero-order valence-electron chi connectivity index (χ0n) is 15.0. The van der Waals surface area contributed by atoms with E-state index in [1.165, 1.54) is 5.56 Å². The van der Waals surface area contributed by atoms with E-state index in [9.17, 15) is 4.79 Å². The van der Waals surface area contributed by atoms with E-state index in [1.807, 2.05) is 42.5 Å². The maximum atomic E-state index is 11.9. The lowest BCUT2D eigenvalue weighted by Crippen LogP contribution is -2.53. The first-order valence-electron chi connectivity index (χ1n) is 9.12. The van der Waals surface area contributed by atoms with Crippen molar-refractivity contribution in [2.24, 2.45) is 0 Å². The molecule has 2 aromatic carbocycles. The van der Waals surface area contributed by atoms with Crippen LogP contribution < -0.4 is 10.6 Å². The molecule has 3 rings (SSSR count). The summed E-state index contributed by atoms with van der Waals surface area (Å²) in [4.78, 5) is 11.9. The van der Waals surface area contributed by atoms with Crippen LogP contribution in [-0.4, -0.2) is 18.2 Å². The standard InChI is InChI=1S/C21H25ClN2O2/c1-2-20(16-8-10-17(22)11-9-16)23-18-12-19(13-18)24-21(25)26-14-15-6-4-3-5-7-15/h3-11,18-20,23H,2,12-14H2,1H3,(H,24,25). The van der Waals surface area contributed by atoms with Gasteiger partial charge in [-0.15, -0.1) is 0 Å². The van der Waals surface area contributed by atoms with Gasteiger partial charge < -0.3 is 15.4 Å². The first-order valence-corrected chi connectivity index (χ1v) is 9.50. The van der Waals surface area contributed by atoms with E-state index in [2.05, 4.69) is 29.7 Å². The van der Waals surface area contributed by atoms with Crippen LogP contribution in [0.15, 0.2) is 54.6 Å². The average Bonchev–Trinajstić information content (AvgIpc) is 2.63. The van der Waals surface area contributed by atoms with Crippen LogP contribution in [0.4, 0.5) is 4.79 Å². The molecule has 5 heteroatoms. The number of hydrogen-bond acceptors (Lipinski definition) is 3. The van der Waals surface area contributed by atoms with Gasteiger partial charge in [0.15, 0.2) is 0 Å². The maximum absolute atomic E-state index is 11.9. The molecular formula is C21H25ClN2O2. The molecular weight excluding hydrogens is 348 g/mol. The third-order valence-electron chi connectivity index (χ3n) is 4.79. The maximum Gasteiger partial charge on any atom is 0.407 e. The lowest BCUT2D eigenvalue weighted by atomic mass is 9.85. The minimum absolute atomic E-state index is 0.179. The second-order valence-electron chi connectivity index (χ2n) is 6.75. The van der Waals surface area contributed by atoms with E-state index in [0.717, 1.165) is 29.8 Å². The Balaban J connectivity index is 1.38. The molecule has 0 aliphatic heterocycles. The third-order valence-corrected chi connectivity index (χ3v) is 5.04. The SMILES string of the molecule is CCC(NC1CC(NC(=O)OCc2ccccc2)C1)c1ccc(Cl)cc1. The molecule has 1 unspecified atom stereocenters. The molecule has 0 saturated heterocycles. The van der Waals surface area contributed by atoms with Gasteiger partial charge in [-0.2, -0.15) is 0 Å². The number of amides is 1. The van der Waals surface area contributed by atoms with Crippen LogP contribution in [-0.2, 0) is 11.3 Å². The predicted octanol–water partition coefficient (Wildman–Crippen LogP) is 4.84. The summed E-state index contributed by atoms with van der Waals surface area (Å²) in [5, 5.41) is 7.36. The number of ether oxygens (including phenoxy) is 1. The number of carbonyl (C=O) groups excluding carboxylic acids is 1. The minimum Gasteiger partial charge on any atom is -0.445 e. The molecule has 26 heavy (non-hydrogen) atoms. The second-order valence-corrected chi connectivity index (χ2v) is 7.19. The Kier molecular flexibility index (Phi) is 6.53. The smallest absolute Gasteiger partial charge is 0.407 e. The van der Waals surface area contributed by atoms with Crippen molar-refractivity contribution in [1.82, 2.24) is 10.6 Å². The average molecular weight is 373 g/mol. The highest BCUT2D eigenvalue weighted by Crippen LogP contribution is 2.26. The van der Waals surface area contributed by atoms with Gasteiger partial charge in [0.1, 0.15) is 6.61 Å². The number of hydrogen-bond donors (Lipinski definition) is 2. The molecule has 4 nitrogen and oxygen atoms in total. The highest BCUT2D eigenvalue weighted by molar-refractivity contribution is 6.30. The molecule has 1 atom stereocenters. The summed E-state index contributed by atoms with van der Waals surface area (Å²) in [7, 11) is 0. The lowest BCUT2D eigenvalue weighted by Gasteiger charge is -2.38. The van der Waals surface area contributed by atoms with Crippen molar-refractivity contribution in [3.63, 3.8) is 0 Å². The van der Waals surface area contributed by atoms with Crippen LogP contribution in [0, 0.1) is 0 Å². The highest BCUT2D eigenvalue weighted by atomic mass is 35.5. The van der Waals surface area contributed by atoms with E-state index in [-0.39, 0.29) is 12.1 Å². The van der Waals surface area contributed by atoms with Gasteiger partial charge in [0.25, 0.3) is 0 Å². The second kappa shape index (κ2) is 9.06. The zero-order valence-corrected chi connectivity index (χ0v) is 15.7. The summed E-state index contributed by atoms with van der Waals surface area (Å²) in [6, 6.07) is 18.6. The topological polar surface area (TPSA) is 50.4 Å². The molecule has 138 valence electrons. The highest BCUT2D eigenvalue weighted by Gasteiger charge is 2.32. The summed E-state index contributed by atoms with van der Waals surface area (Å²) < 4.78 is 5.27. The molecule has 1 saturated carbocycles. The van der Waals surface area contributed by atoms with Gasteiger partial charge in [-0.05, 0) is 42.5 Å². The van der Waals surface area contributed by atoms with Crippen LogP contribution in [0.3, 0.4) is 0 Å². The number of carbonyl (C=O) groups is 1. The van der Waals surface area contributed by atoms with E-state index in [4.69, 9.17) is 16.3 Å². The Hall–Kier alpha value is -2.04. The fourth-order valence-electron chi connectivity index (χ4n) is 3.23. The molecule has 0 aromatic heterocycles. The molecule has 1 fully saturated rings. The number of benzene rings is 2. The largest absolute Gasteiger partial charge is 0.445 e. The number of halogens is 1. The summed E-state index contributed by atoms with van der Waals surface area (Å²) in [5.41, 5.74) is 2.24. The zero-order chi connectivity index (χ0) is 18.4. The van der Waals surface area contributed by atoms with Crippen molar-refractivity contribution >= 4 is 17.7 Å². The fourth-order valence-corrected chi connectivity index (χ4v) is 3.36. The van der Waals surface area contributed by atoms with Crippen molar-refractivity contribution < 1.29 is 9.53 Å². The first-order chi connectivity index (χ1) is 12.6. The van der Waals surface area contributed by atoms with E-state index in [0.29, 0.717) is 18.7 Å². The molecule has 0 radical (unpaired) electrons. The van der Waals surface area contributed by atoms with Crippen molar-refractivity contribution in [2.75, 3.05) is 0 Å². The van der Waals surface area contributed by atoms with Crippen molar-refractivity contribution in [2.45, 2.75) is 50.9 Å². The number of alkyl carbamates (subject to hydrolysis) is 1. The van der Waals surface area contributed by atoms with Gasteiger partial charge in [0.2, 0.25) is 0 Å². The van der Waals surface area contributed by atoms with Crippen LogP contribution in [0.25, 0.3) is 0 Å². The van der Waals surface area contributed by atoms with E-state index in [1.54, 1.807) is 0 Å². The van der Waals surface area contributed by atoms with Gasteiger partial charge in [0, 0.05) is 23.1 Å². The molecule has 0 spiro atoms. The normalized spacial score (nSPS) is 20.1. The Bertz CT molecular complexity index is 700. The van der Waals surface area contributed by atoms with E-state index >= 15 is 0 Å². The molecule has 1 aliphatic rings. The summed E-state index contributed by atoms with van der Waals surface area (Å²) in [5.74, 6) is 0. The third kappa shape index (κ3) is 5.23. The monoisotopic (exact) mass is 372 g/mol. The van der Waals surface area contributed by atoms with Gasteiger partial charge in [-0.1, -0.05) is 61.0 Å². The molecule has 0 bridgehead atoms. The molecule has 2 aromatic rings. The first kappa shape index (κ1) is 18.7.